The minimum Gasteiger partial charge on any atom is -0.299 e. The molecule has 0 spiro atoms. The van der Waals surface area contributed by atoms with Crippen LogP contribution in [0.2, 0.25) is 0 Å². The van der Waals surface area contributed by atoms with Crippen molar-refractivity contribution >= 4 is 21.7 Å². The number of carbonyl (C=O) groups is 1. The number of hydrogen-bond acceptors (Lipinski definition) is 1. The Morgan fingerprint density at radius 1 is 1.27 bits per heavy atom. The monoisotopic (exact) mass is 266 g/mol. The molecule has 1 nitrogen and oxygen atoms in total. The Labute approximate surface area is 99.0 Å². The lowest BCUT2D eigenvalue weighted by atomic mass is 9.61. The van der Waals surface area contributed by atoms with Crippen LogP contribution in [0.4, 0.5) is 0 Å². The zero-order chi connectivity index (χ0) is 11.0. The molecular formula is C13H15BrO. The molecule has 0 aromatic heterocycles. The van der Waals surface area contributed by atoms with Gasteiger partial charge in [-0.1, -0.05) is 41.9 Å². The Bertz CT molecular complexity index is 369. The number of carbonyl (C=O) groups excluding carboxylic acids is 1. The van der Waals surface area contributed by atoms with Gasteiger partial charge < -0.3 is 0 Å². The molecule has 0 N–H and O–H groups in total. The van der Waals surface area contributed by atoms with E-state index in [-0.39, 0.29) is 11.8 Å². The van der Waals surface area contributed by atoms with Crippen LogP contribution >= 0.6 is 15.9 Å². The predicted octanol–water partition coefficient (Wildman–Crippen LogP) is 3.78. The Balaban J connectivity index is 2.24. The SMILES string of the molecule is CCC1C(=O)C(C)C1c1ccc(Br)cc1. The highest BCUT2D eigenvalue weighted by Gasteiger charge is 2.45. The van der Waals surface area contributed by atoms with E-state index in [0.29, 0.717) is 11.7 Å². The number of rotatable bonds is 2. The zero-order valence-corrected chi connectivity index (χ0v) is 10.6. The van der Waals surface area contributed by atoms with Gasteiger partial charge in [-0.2, -0.15) is 0 Å². The molecule has 1 aromatic rings. The smallest absolute Gasteiger partial charge is 0.140 e. The van der Waals surface area contributed by atoms with E-state index in [1.54, 1.807) is 0 Å². The standard InChI is InChI=1S/C13H15BrO/c1-3-11-12(8(2)13(11)15)9-4-6-10(14)7-5-9/h4-8,11-12H,3H2,1-2H3. The van der Waals surface area contributed by atoms with E-state index in [0.717, 1.165) is 10.9 Å². The van der Waals surface area contributed by atoms with Gasteiger partial charge in [0.05, 0.1) is 0 Å². The molecule has 2 rings (SSSR count). The molecule has 0 bridgehead atoms. The van der Waals surface area contributed by atoms with E-state index >= 15 is 0 Å². The van der Waals surface area contributed by atoms with Crippen molar-refractivity contribution in [1.29, 1.82) is 0 Å². The van der Waals surface area contributed by atoms with Crippen molar-refractivity contribution in [3.05, 3.63) is 34.3 Å². The van der Waals surface area contributed by atoms with Crippen molar-refractivity contribution in [3.63, 3.8) is 0 Å². The van der Waals surface area contributed by atoms with Crippen molar-refractivity contribution in [2.24, 2.45) is 11.8 Å². The summed E-state index contributed by atoms with van der Waals surface area (Å²) in [6, 6.07) is 8.36. The molecule has 3 unspecified atom stereocenters. The Kier molecular flexibility index (Phi) is 2.96. The van der Waals surface area contributed by atoms with Crippen LogP contribution in [0, 0.1) is 11.8 Å². The topological polar surface area (TPSA) is 17.1 Å². The molecule has 1 saturated carbocycles. The highest BCUT2D eigenvalue weighted by atomic mass is 79.9. The minimum atomic E-state index is 0.205. The first kappa shape index (κ1) is 10.9. The summed E-state index contributed by atoms with van der Waals surface area (Å²) in [6.07, 6.45) is 0.962. The van der Waals surface area contributed by atoms with Gasteiger partial charge in [0.2, 0.25) is 0 Å². The first-order chi connectivity index (χ1) is 7.15. The van der Waals surface area contributed by atoms with Crippen molar-refractivity contribution in [2.75, 3.05) is 0 Å². The van der Waals surface area contributed by atoms with Crippen LogP contribution in [0.25, 0.3) is 0 Å². The molecule has 0 amide bonds. The normalized spacial score (nSPS) is 30.1. The van der Waals surface area contributed by atoms with Crippen molar-refractivity contribution in [1.82, 2.24) is 0 Å². The second kappa shape index (κ2) is 4.09. The highest BCUT2D eigenvalue weighted by molar-refractivity contribution is 9.10. The van der Waals surface area contributed by atoms with Gasteiger partial charge in [0, 0.05) is 22.2 Å². The Morgan fingerprint density at radius 2 is 1.87 bits per heavy atom. The van der Waals surface area contributed by atoms with E-state index in [9.17, 15) is 4.79 Å². The van der Waals surface area contributed by atoms with Crippen molar-refractivity contribution < 1.29 is 4.79 Å². The van der Waals surface area contributed by atoms with Crippen molar-refractivity contribution in [3.8, 4) is 0 Å². The Hall–Kier alpha value is -0.630. The van der Waals surface area contributed by atoms with Crippen LogP contribution in [0.3, 0.4) is 0 Å². The molecule has 0 saturated heterocycles. The summed E-state index contributed by atoms with van der Waals surface area (Å²) in [7, 11) is 0. The van der Waals surface area contributed by atoms with Crippen LogP contribution < -0.4 is 0 Å². The first-order valence-electron chi connectivity index (χ1n) is 5.44. The van der Waals surface area contributed by atoms with E-state index in [2.05, 4.69) is 47.1 Å². The molecule has 2 heteroatoms. The molecule has 15 heavy (non-hydrogen) atoms. The fraction of sp³-hybridized carbons (Fsp3) is 0.462. The lowest BCUT2D eigenvalue weighted by molar-refractivity contribution is -0.137. The van der Waals surface area contributed by atoms with Crippen LogP contribution in [0.5, 0.6) is 0 Å². The third-order valence-corrected chi connectivity index (χ3v) is 4.01. The maximum atomic E-state index is 11.6. The van der Waals surface area contributed by atoms with E-state index in [1.165, 1.54) is 5.56 Å². The number of halogens is 1. The summed E-state index contributed by atoms with van der Waals surface area (Å²) in [5.41, 5.74) is 1.30. The van der Waals surface area contributed by atoms with Crippen LogP contribution in [0.1, 0.15) is 31.7 Å². The second-order valence-corrected chi connectivity index (χ2v) is 5.20. The van der Waals surface area contributed by atoms with Crippen LogP contribution in [-0.2, 0) is 4.79 Å². The summed E-state index contributed by atoms with van der Waals surface area (Å²) >= 11 is 3.43. The van der Waals surface area contributed by atoms with E-state index in [1.807, 2.05) is 6.92 Å². The van der Waals surface area contributed by atoms with Gasteiger partial charge in [0.15, 0.2) is 0 Å². The molecule has 3 atom stereocenters. The fourth-order valence-corrected chi connectivity index (χ4v) is 2.85. The molecule has 80 valence electrons. The molecule has 1 aromatic carbocycles. The van der Waals surface area contributed by atoms with Crippen LogP contribution in [-0.4, -0.2) is 5.78 Å². The molecule has 0 aliphatic heterocycles. The number of hydrogen-bond donors (Lipinski definition) is 0. The molecule has 1 fully saturated rings. The summed E-state index contributed by atoms with van der Waals surface area (Å²) in [5, 5.41) is 0. The zero-order valence-electron chi connectivity index (χ0n) is 9.03. The molecular weight excluding hydrogens is 252 g/mol. The fourth-order valence-electron chi connectivity index (χ4n) is 2.58. The average molecular weight is 267 g/mol. The second-order valence-electron chi connectivity index (χ2n) is 4.28. The number of benzene rings is 1. The molecule has 1 aliphatic carbocycles. The largest absolute Gasteiger partial charge is 0.299 e. The third-order valence-electron chi connectivity index (χ3n) is 3.48. The maximum absolute atomic E-state index is 11.6. The third kappa shape index (κ3) is 1.76. The minimum absolute atomic E-state index is 0.205. The van der Waals surface area contributed by atoms with Gasteiger partial charge in [0.25, 0.3) is 0 Å². The lowest BCUT2D eigenvalue weighted by Crippen LogP contribution is -2.43. The number of ketones is 1. The van der Waals surface area contributed by atoms with Gasteiger partial charge in [-0.25, -0.2) is 0 Å². The van der Waals surface area contributed by atoms with Gasteiger partial charge >= 0.3 is 0 Å². The summed E-state index contributed by atoms with van der Waals surface area (Å²) in [5.74, 6) is 1.33. The molecule has 0 heterocycles. The first-order valence-corrected chi connectivity index (χ1v) is 6.23. The van der Waals surface area contributed by atoms with Gasteiger partial charge in [-0.15, -0.1) is 0 Å². The summed E-state index contributed by atoms with van der Waals surface area (Å²) < 4.78 is 1.10. The van der Waals surface area contributed by atoms with Gasteiger partial charge in [-0.05, 0) is 24.1 Å². The highest BCUT2D eigenvalue weighted by Crippen LogP contribution is 2.46. The summed E-state index contributed by atoms with van der Waals surface area (Å²) in [6.45, 7) is 4.14. The molecule has 0 radical (unpaired) electrons. The lowest BCUT2D eigenvalue weighted by Gasteiger charge is -2.41. The summed E-state index contributed by atoms with van der Waals surface area (Å²) in [4.78, 5) is 11.6. The molecule has 1 aliphatic rings. The van der Waals surface area contributed by atoms with E-state index in [4.69, 9.17) is 0 Å². The predicted molar refractivity (Wildman–Crippen MR) is 64.8 cm³/mol. The Morgan fingerprint density at radius 3 is 2.40 bits per heavy atom. The van der Waals surface area contributed by atoms with Crippen molar-refractivity contribution in [2.45, 2.75) is 26.2 Å². The average Bonchev–Trinajstić information content (AvgIpc) is 2.26. The maximum Gasteiger partial charge on any atom is 0.140 e. The van der Waals surface area contributed by atoms with Crippen LogP contribution in [0.15, 0.2) is 28.7 Å². The van der Waals surface area contributed by atoms with E-state index < -0.39 is 0 Å². The van der Waals surface area contributed by atoms with Gasteiger partial charge in [-0.3, -0.25) is 4.79 Å². The van der Waals surface area contributed by atoms with Gasteiger partial charge in [0.1, 0.15) is 5.78 Å². The quantitative estimate of drug-likeness (QED) is 0.797. The number of Topliss-reactive ketones (excluding diaryl/α,β-unsaturated/α-hetero) is 1.